The third-order valence-corrected chi connectivity index (χ3v) is 8.38. The molecule has 1 aliphatic rings. The Morgan fingerprint density at radius 1 is 1.02 bits per heavy atom. The first-order valence-electron chi connectivity index (χ1n) is 15.6. The molecule has 0 saturated carbocycles. The van der Waals surface area contributed by atoms with Crippen molar-refractivity contribution in [3.05, 3.63) is 113 Å². The van der Waals surface area contributed by atoms with Crippen LogP contribution in [0.1, 0.15) is 64.1 Å². The standard InChI is InChI=1S/C38H34N4O6/c1-23(2)31-16-24(19-39)17-32-33(31)47-35(41-32)26-14-12-25(13-15-26)34(43)40-21-38(3)22-42(37(45)48-38)20-29-8-5-6-11-30(29)27-9-7-10-28(18-27)36(44)46-4/h5-18,23H,20-22H2,1-4H3,(H,40,43). The van der Waals surface area contributed by atoms with Gasteiger partial charge >= 0.3 is 12.1 Å². The van der Waals surface area contributed by atoms with Crippen LogP contribution in [0.4, 0.5) is 4.79 Å². The number of ether oxygens (including phenoxy) is 2. The molecule has 0 spiro atoms. The molecule has 1 fully saturated rings. The second-order valence-corrected chi connectivity index (χ2v) is 12.4. The molecule has 10 heteroatoms. The molecule has 1 aromatic heterocycles. The minimum Gasteiger partial charge on any atom is -0.465 e. The highest BCUT2D eigenvalue weighted by Gasteiger charge is 2.41. The fourth-order valence-corrected chi connectivity index (χ4v) is 5.87. The van der Waals surface area contributed by atoms with Crippen LogP contribution >= 0.6 is 0 Å². The Labute approximate surface area is 277 Å². The van der Waals surface area contributed by atoms with Gasteiger partial charge in [-0.15, -0.1) is 0 Å². The zero-order chi connectivity index (χ0) is 34.0. The number of fused-ring (bicyclic) bond motifs is 1. The molecule has 1 N–H and O–H groups in total. The van der Waals surface area contributed by atoms with Crippen LogP contribution in [0.15, 0.2) is 89.3 Å². The molecule has 48 heavy (non-hydrogen) atoms. The van der Waals surface area contributed by atoms with Crippen molar-refractivity contribution in [3.8, 4) is 28.7 Å². The number of nitrogens with one attached hydrogen (secondary N) is 1. The zero-order valence-corrected chi connectivity index (χ0v) is 27.1. The van der Waals surface area contributed by atoms with E-state index in [4.69, 9.17) is 13.9 Å². The van der Waals surface area contributed by atoms with Crippen molar-refractivity contribution in [1.29, 1.82) is 5.26 Å². The number of benzene rings is 4. The van der Waals surface area contributed by atoms with Gasteiger partial charge in [0.15, 0.2) is 5.58 Å². The van der Waals surface area contributed by atoms with Gasteiger partial charge in [-0.05, 0) is 78.1 Å². The first kappa shape index (κ1) is 32.0. The Kier molecular flexibility index (Phi) is 8.70. The van der Waals surface area contributed by atoms with Crippen molar-refractivity contribution in [2.45, 2.75) is 38.8 Å². The summed E-state index contributed by atoms with van der Waals surface area (Å²) in [5.41, 5.74) is 5.89. The number of methoxy groups -OCH3 is 1. The summed E-state index contributed by atoms with van der Waals surface area (Å²) in [7, 11) is 1.34. The third-order valence-electron chi connectivity index (χ3n) is 8.38. The van der Waals surface area contributed by atoms with Crippen molar-refractivity contribution in [2.24, 2.45) is 0 Å². The first-order valence-corrected chi connectivity index (χ1v) is 15.6. The summed E-state index contributed by atoms with van der Waals surface area (Å²) in [4.78, 5) is 44.4. The number of hydrogen-bond acceptors (Lipinski definition) is 8. The van der Waals surface area contributed by atoms with Crippen molar-refractivity contribution in [2.75, 3.05) is 20.2 Å². The van der Waals surface area contributed by atoms with Crippen LogP contribution in [0, 0.1) is 11.3 Å². The molecule has 1 aliphatic heterocycles. The van der Waals surface area contributed by atoms with Gasteiger partial charge in [-0.1, -0.05) is 50.2 Å². The topological polar surface area (TPSA) is 135 Å². The van der Waals surface area contributed by atoms with Gasteiger partial charge in [0.05, 0.1) is 37.4 Å². The second-order valence-electron chi connectivity index (χ2n) is 12.4. The summed E-state index contributed by atoms with van der Waals surface area (Å²) in [5.74, 6) is -0.192. The molecule has 2 amide bonds. The monoisotopic (exact) mass is 642 g/mol. The Balaban J connectivity index is 1.11. The lowest BCUT2D eigenvalue weighted by Crippen LogP contribution is -2.43. The van der Waals surface area contributed by atoms with Crippen LogP contribution in [-0.2, 0) is 16.0 Å². The summed E-state index contributed by atoms with van der Waals surface area (Å²) in [6.45, 7) is 6.52. The molecule has 10 nitrogen and oxygen atoms in total. The molecule has 0 radical (unpaired) electrons. The molecule has 5 aromatic rings. The minimum atomic E-state index is -0.943. The number of esters is 1. The Morgan fingerprint density at radius 3 is 2.52 bits per heavy atom. The number of nitriles is 1. The molecule has 1 unspecified atom stereocenters. The van der Waals surface area contributed by atoms with E-state index < -0.39 is 17.7 Å². The van der Waals surface area contributed by atoms with E-state index in [1.54, 1.807) is 60.4 Å². The van der Waals surface area contributed by atoms with E-state index in [9.17, 15) is 19.6 Å². The Bertz CT molecular complexity index is 2080. The zero-order valence-electron chi connectivity index (χ0n) is 27.1. The van der Waals surface area contributed by atoms with E-state index in [1.807, 2.05) is 50.2 Å². The number of rotatable bonds is 9. The number of hydrogen-bond donors (Lipinski definition) is 1. The van der Waals surface area contributed by atoms with E-state index in [1.165, 1.54) is 7.11 Å². The predicted molar refractivity (Wildman–Crippen MR) is 179 cm³/mol. The van der Waals surface area contributed by atoms with Crippen molar-refractivity contribution < 1.29 is 28.3 Å². The van der Waals surface area contributed by atoms with Gasteiger partial charge in [-0.2, -0.15) is 5.26 Å². The van der Waals surface area contributed by atoms with E-state index in [0.717, 1.165) is 22.3 Å². The summed E-state index contributed by atoms with van der Waals surface area (Å²) in [6.07, 6.45) is -0.477. The van der Waals surface area contributed by atoms with Crippen LogP contribution in [0.3, 0.4) is 0 Å². The van der Waals surface area contributed by atoms with Gasteiger partial charge in [0.25, 0.3) is 5.91 Å². The predicted octanol–water partition coefficient (Wildman–Crippen LogP) is 7.08. The average molecular weight is 643 g/mol. The van der Waals surface area contributed by atoms with E-state index in [2.05, 4.69) is 16.4 Å². The fourth-order valence-electron chi connectivity index (χ4n) is 5.87. The highest BCUT2D eigenvalue weighted by molar-refractivity contribution is 5.95. The molecular formula is C38H34N4O6. The number of carbonyl (C=O) groups excluding carboxylic acids is 3. The van der Waals surface area contributed by atoms with Crippen molar-refractivity contribution in [1.82, 2.24) is 15.2 Å². The maximum atomic E-state index is 13.1. The smallest absolute Gasteiger partial charge is 0.410 e. The Morgan fingerprint density at radius 2 is 1.79 bits per heavy atom. The molecule has 2 heterocycles. The Hall–Kier alpha value is -5.95. The molecule has 6 rings (SSSR count). The number of carbonyl (C=O) groups is 3. The highest BCUT2D eigenvalue weighted by Crippen LogP contribution is 2.32. The fraction of sp³-hybridized carbons (Fsp3) is 0.237. The van der Waals surface area contributed by atoms with E-state index in [-0.39, 0.29) is 31.5 Å². The summed E-state index contributed by atoms with van der Waals surface area (Å²) < 4.78 is 16.7. The molecule has 242 valence electrons. The lowest BCUT2D eigenvalue weighted by atomic mass is 9.97. The van der Waals surface area contributed by atoms with Crippen LogP contribution in [0.25, 0.3) is 33.7 Å². The molecule has 0 bridgehead atoms. The molecular weight excluding hydrogens is 608 g/mol. The average Bonchev–Trinajstić information content (AvgIpc) is 3.66. The number of cyclic esters (lactones) is 1. The van der Waals surface area contributed by atoms with Crippen molar-refractivity contribution >= 4 is 29.1 Å². The number of nitrogens with zero attached hydrogens (tertiary/aromatic N) is 3. The van der Waals surface area contributed by atoms with Crippen LogP contribution < -0.4 is 5.32 Å². The summed E-state index contributed by atoms with van der Waals surface area (Å²) in [5, 5.41) is 12.3. The highest BCUT2D eigenvalue weighted by atomic mass is 16.6. The molecule has 0 aliphatic carbocycles. The third kappa shape index (κ3) is 6.48. The number of amides is 2. The van der Waals surface area contributed by atoms with Gasteiger partial charge in [-0.3, -0.25) is 9.69 Å². The summed E-state index contributed by atoms with van der Waals surface area (Å²) >= 11 is 0. The van der Waals surface area contributed by atoms with Gasteiger partial charge in [0, 0.05) is 23.2 Å². The molecule has 4 aromatic carbocycles. The number of oxazole rings is 1. The van der Waals surface area contributed by atoms with E-state index >= 15 is 0 Å². The normalized spacial score (nSPS) is 15.8. The maximum Gasteiger partial charge on any atom is 0.410 e. The van der Waals surface area contributed by atoms with Crippen LogP contribution in [0.2, 0.25) is 0 Å². The lowest BCUT2D eigenvalue weighted by Gasteiger charge is -2.22. The van der Waals surface area contributed by atoms with Crippen molar-refractivity contribution in [3.63, 3.8) is 0 Å². The quantitative estimate of drug-likeness (QED) is 0.169. The lowest BCUT2D eigenvalue weighted by molar-refractivity contribution is 0.0600. The SMILES string of the molecule is COC(=O)c1cccc(-c2ccccc2CN2CC(C)(CNC(=O)c3ccc(-c4nc5cc(C#N)cc(C(C)C)c5o4)cc3)OC2=O)c1. The largest absolute Gasteiger partial charge is 0.465 e. The van der Waals surface area contributed by atoms with Gasteiger partial charge in [0.1, 0.15) is 11.1 Å². The van der Waals surface area contributed by atoms with Gasteiger partial charge in [-0.25, -0.2) is 14.6 Å². The molecule has 1 atom stereocenters. The van der Waals surface area contributed by atoms with Crippen LogP contribution in [0.5, 0.6) is 0 Å². The number of aromatic nitrogens is 1. The second kappa shape index (κ2) is 13.0. The first-order chi connectivity index (χ1) is 23.1. The van der Waals surface area contributed by atoms with E-state index in [0.29, 0.717) is 39.2 Å². The molecule has 1 saturated heterocycles. The maximum absolute atomic E-state index is 13.1. The summed E-state index contributed by atoms with van der Waals surface area (Å²) in [6, 6.07) is 27.4. The minimum absolute atomic E-state index is 0.114. The van der Waals surface area contributed by atoms with Gasteiger partial charge < -0.3 is 19.2 Å². The van der Waals surface area contributed by atoms with Gasteiger partial charge in [0.2, 0.25) is 5.89 Å². The van der Waals surface area contributed by atoms with Crippen LogP contribution in [-0.4, -0.2) is 53.7 Å².